The summed E-state index contributed by atoms with van der Waals surface area (Å²) in [6, 6.07) is 19.8. The maximum atomic E-state index is 13.0. The number of H-pyrrole nitrogens is 1. The zero-order valence-corrected chi connectivity index (χ0v) is 15.6. The molecule has 0 saturated carbocycles. The van der Waals surface area contributed by atoms with Crippen LogP contribution in [0.2, 0.25) is 0 Å². The van der Waals surface area contributed by atoms with E-state index in [4.69, 9.17) is 0 Å². The van der Waals surface area contributed by atoms with E-state index in [0.29, 0.717) is 22.5 Å². The number of para-hydroxylation sites is 1. The number of nitriles is 1. The van der Waals surface area contributed by atoms with Gasteiger partial charge in [0.2, 0.25) is 0 Å². The van der Waals surface area contributed by atoms with Crippen molar-refractivity contribution in [3.05, 3.63) is 82.3 Å². The van der Waals surface area contributed by atoms with Crippen LogP contribution in [0, 0.1) is 11.3 Å². The number of nitrogens with one attached hydrogen (secondary N) is 2. The summed E-state index contributed by atoms with van der Waals surface area (Å²) in [5, 5.41) is 16.8. The highest BCUT2D eigenvalue weighted by Gasteiger charge is 2.19. The van der Waals surface area contributed by atoms with Crippen molar-refractivity contribution in [2.75, 3.05) is 5.32 Å². The summed E-state index contributed by atoms with van der Waals surface area (Å²) in [5.41, 5.74) is 4.65. The van der Waals surface area contributed by atoms with E-state index in [1.807, 2.05) is 68.4 Å². The van der Waals surface area contributed by atoms with Crippen LogP contribution in [0.25, 0.3) is 16.9 Å². The van der Waals surface area contributed by atoms with Crippen LogP contribution < -0.4 is 10.9 Å². The lowest BCUT2D eigenvalue weighted by Crippen LogP contribution is -2.22. The van der Waals surface area contributed by atoms with Crippen molar-refractivity contribution < 1.29 is 0 Å². The van der Waals surface area contributed by atoms with E-state index in [0.717, 1.165) is 16.9 Å². The van der Waals surface area contributed by atoms with E-state index in [2.05, 4.69) is 21.5 Å². The number of nitrogens with zero attached hydrogens (tertiary/aromatic N) is 3. The van der Waals surface area contributed by atoms with Gasteiger partial charge in [-0.3, -0.25) is 4.79 Å². The fourth-order valence-electron chi connectivity index (χ4n) is 3.32. The third-order valence-electron chi connectivity index (χ3n) is 4.62. The Morgan fingerprint density at radius 3 is 2.57 bits per heavy atom. The molecule has 4 rings (SSSR count). The van der Waals surface area contributed by atoms with Gasteiger partial charge >= 0.3 is 0 Å². The maximum Gasteiger partial charge on any atom is 0.278 e. The quantitative estimate of drug-likeness (QED) is 0.557. The fraction of sp³-hybridized carbons (Fsp3) is 0.136. The molecule has 0 aliphatic carbocycles. The van der Waals surface area contributed by atoms with Gasteiger partial charge in [0.1, 0.15) is 11.6 Å². The molecule has 2 heterocycles. The Labute approximate surface area is 162 Å². The molecule has 0 radical (unpaired) electrons. The van der Waals surface area contributed by atoms with Crippen molar-refractivity contribution >= 4 is 17.0 Å². The van der Waals surface area contributed by atoms with E-state index in [9.17, 15) is 10.1 Å². The lowest BCUT2D eigenvalue weighted by molar-refractivity contribution is 0.797. The molecule has 0 saturated heterocycles. The topological polar surface area (TPSA) is 86.0 Å². The van der Waals surface area contributed by atoms with Gasteiger partial charge in [-0.2, -0.15) is 14.9 Å². The van der Waals surface area contributed by atoms with Crippen molar-refractivity contribution in [3.63, 3.8) is 0 Å². The number of benzene rings is 2. The average molecular weight is 369 g/mol. The zero-order chi connectivity index (χ0) is 19.7. The molecular weight excluding hydrogens is 350 g/mol. The molecule has 6 heteroatoms. The highest BCUT2D eigenvalue weighted by Crippen LogP contribution is 2.29. The van der Waals surface area contributed by atoms with Gasteiger partial charge in [0, 0.05) is 22.5 Å². The monoisotopic (exact) mass is 369 g/mol. The third-order valence-corrected chi connectivity index (χ3v) is 4.62. The molecule has 0 aliphatic heterocycles. The summed E-state index contributed by atoms with van der Waals surface area (Å²) in [5.74, 6) is -0.0105. The van der Waals surface area contributed by atoms with Crippen molar-refractivity contribution in [1.82, 2.24) is 14.6 Å². The van der Waals surface area contributed by atoms with Crippen LogP contribution in [-0.4, -0.2) is 14.6 Å². The number of hydrogen-bond donors (Lipinski definition) is 2. The van der Waals surface area contributed by atoms with E-state index < -0.39 is 0 Å². The largest absolute Gasteiger partial charge is 0.356 e. The number of hydrogen-bond acceptors (Lipinski definition) is 4. The summed E-state index contributed by atoms with van der Waals surface area (Å²) in [6.45, 7) is 3.95. The molecule has 0 atom stereocenters. The fourth-order valence-corrected chi connectivity index (χ4v) is 3.32. The van der Waals surface area contributed by atoms with E-state index >= 15 is 0 Å². The lowest BCUT2D eigenvalue weighted by Gasteiger charge is -2.14. The van der Waals surface area contributed by atoms with Crippen molar-refractivity contribution in [1.29, 1.82) is 5.26 Å². The maximum absolute atomic E-state index is 13.0. The van der Waals surface area contributed by atoms with Crippen LogP contribution >= 0.6 is 0 Å². The molecule has 0 fully saturated rings. The van der Waals surface area contributed by atoms with Gasteiger partial charge in [-0.15, -0.1) is 0 Å². The zero-order valence-electron chi connectivity index (χ0n) is 15.6. The number of anilines is 2. The summed E-state index contributed by atoms with van der Waals surface area (Å²) >= 11 is 0. The van der Waals surface area contributed by atoms with Crippen LogP contribution in [0.3, 0.4) is 0 Å². The number of aromatic nitrogens is 3. The van der Waals surface area contributed by atoms with Gasteiger partial charge in [0.15, 0.2) is 5.65 Å². The van der Waals surface area contributed by atoms with E-state index in [1.165, 1.54) is 10.7 Å². The van der Waals surface area contributed by atoms with Gasteiger partial charge in [0.25, 0.3) is 5.56 Å². The van der Waals surface area contributed by atoms with Crippen LogP contribution in [0.15, 0.2) is 65.6 Å². The molecule has 4 aromatic rings. The predicted octanol–water partition coefficient (Wildman–Crippen LogP) is 4.43. The van der Waals surface area contributed by atoms with E-state index in [1.54, 1.807) is 0 Å². The molecule has 0 aliphatic rings. The molecule has 0 unspecified atom stereocenters. The van der Waals surface area contributed by atoms with Crippen molar-refractivity contribution in [2.45, 2.75) is 19.8 Å². The predicted molar refractivity (Wildman–Crippen MR) is 110 cm³/mol. The molecule has 0 spiro atoms. The van der Waals surface area contributed by atoms with Gasteiger partial charge in [-0.1, -0.05) is 44.2 Å². The first kappa shape index (κ1) is 17.6. The minimum atomic E-state index is -0.207. The summed E-state index contributed by atoms with van der Waals surface area (Å²) in [7, 11) is 0. The second kappa shape index (κ2) is 7.05. The number of rotatable bonds is 4. The molecule has 2 N–H and O–H groups in total. The molecule has 138 valence electrons. The van der Waals surface area contributed by atoms with Crippen LogP contribution in [0.4, 0.5) is 11.4 Å². The molecular formula is C22H19N5O. The first-order valence-corrected chi connectivity index (χ1v) is 9.05. The second-order valence-corrected chi connectivity index (χ2v) is 6.88. The normalized spacial score (nSPS) is 10.9. The summed E-state index contributed by atoms with van der Waals surface area (Å²) in [4.78, 5) is 16.3. The number of aromatic amines is 1. The van der Waals surface area contributed by atoms with Crippen molar-refractivity contribution in [3.8, 4) is 17.3 Å². The lowest BCUT2D eigenvalue weighted by atomic mass is 9.98. The van der Waals surface area contributed by atoms with Crippen LogP contribution in [0.1, 0.15) is 30.9 Å². The van der Waals surface area contributed by atoms with Gasteiger partial charge in [0.05, 0.1) is 11.9 Å². The molecule has 6 nitrogen and oxygen atoms in total. The Kier molecular flexibility index (Phi) is 4.42. The average Bonchev–Trinajstić information content (AvgIpc) is 3.12. The molecule has 0 bridgehead atoms. The Morgan fingerprint density at radius 2 is 1.86 bits per heavy atom. The van der Waals surface area contributed by atoms with Crippen molar-refractivity contribution in [2.24, 2.45) is 0 Å². The standard InChI is InChI=1S/C22H19N5O/c1-14(2)19-20(26-21-16(12-23)13-24-27(21)22(19)28)15-7-6-10-18(11-15)25-17-8-4-3-5-9-17/h3-11,13-14,25-26H,1-2H3. The molecule has 28 heavy (non-hydrogen) atoms. The Balaban J connectivity index is 1.89. The highest BCUT2D eigenvalue weighted by molar-refractivity contribution is 5.73. The number of fused-ring (bicyclic) bond motifs is 1. The minimum Gasteiger partial charge on any atom is -0.356 e. The Morgan fingerprint density at radius 1 is 1.11 bits per heavy atom. The molecule has 2 aromatic heterocycles. The molecule has 2 aromatic carbocycles. The van der Waals surface area contributed by atoms with E-state index in [-0.39, 0.29) is 11.5 Å². The van der Waals surface area contributed by atoms with Crippen LogP contribution in [0.5, 0.6) is 0 Å². The molecule has 0 amide bonds. The summed E-state index contributed by atoms with van der Waals surface area (Å²) < 4.78 is 1.27. The Bertz CT molecular complexity index is 1250. The summed E-state index contributed by atoms with van der Waals surface area (Å²) in [6.07, 6.45) is 1.41. The first-order chi connectivity index (χ1) is 13.6. The van der Waals surface area contributed by atoms with Gasteiger partial charge < -0.3 is 10.3 Å². The van der Waals surface area contributed by atoms with Gasteiger partial charge in [-0.25, -0.2) is 0 Å². The first-order valence-electron chi connectivity index (χ1n) is 9.05. The third kappa shape index (κ3) is 3.03. The second-order valence-electron chi connectivity index (χ2n) is 6.88. The SMILES string of the molecule is CC(C)c1c(-c2cccc(Nc3ccccc3)c2)[nH]c2c(C#N)cnn2c1=O. The van der Waals surface area contributed by atoms with Gasteiger partial charge in [-0.05, 0) is 30.2 Å². The minimum absolute atomic E-state index is 0.0105. The smallest absolute Gasteiger partial charge is 0.278 e. The highest BCUT2D eigenvalue weighted by atomic mass is 16.1. The van der Waals surface area contributed by atoms with Crippen LogP contribution in [-0.2, 0) is 0 Å². The Hall–Kier alpha value is -3.85.